The summed E-state index contributed by atoms with van der Waals surface area (Å²) < 4.78 is 5.48. The molecule has 0 saturated heterocycles. The van der Waals surface area contributed by atoms with Crippen LogP contribution in [0.1, 0.15) is 46.3 Å². The Morgan fingerprint density at radius 3 is 2.15 bits per heavy atom. The molecule has 74 valence electrons. The second-order valence-electron chi connectivity index (χ2n) is 5.10. The normalized spacial score (nSPS) is 14.9. The van der Waals surface area contributed by atoms with Gasteiger partial charge in [0.2, 0.25) is 0 Å². The van der Waals surface area contributed by atoms with Crippen molar-refractivity contribution in [2.75, 3.05) is 0 Å². The van der Waals surface area contributed by atoms with Gasteiger partial charge in [-0.15, -0.1) is 0 Å². The molecule has 0 N–H and O–H groups in total. The van der Waals surface area contributed by atoms with Gasteiger partial charge in [0.05, 0.1) is 6.26 Å². The van der Waals surface area contributed by atoms with E-state index in [1.165, 1.54) is 0 Å². The van der Waals surface area contributed by atoms with Crippen LogP contribution in [0.25, 0.3) is 0 Å². The van der Waals surface area contributed by atoms with Gasteiger partial charge < -0.3 is 4.42 Å². The smallest absolute Gasteiger partial charge is 0.107 e. The van der Waals surface area contributed by atoms with Gasteiger partial charge in [0.15, 0.2) is 0 Å². The van der Waals surface area contributed by atoms with Gasteiger partial charge in [-0.05, 0) is 23.5 Å². The van der Waals surface area contributed by atoms with Crippen LogP contribution in [0.2, 0.25) is 0 Å². The van der Waals surface area contributed by atoms with Crippen molar-refractivity contribution >= 4 is 0 Å². The van der Waals surface area contributed by atoms with E-state index in [4.69, 9.17) is 4.42 Å². The maximum absolute atomic E-state index is 5.48. The summed E-state index contributed by atoms with van der Waals surface area (Å²) in [5.74, 6) is 2.23. The van der Waals surface area contributed by atoms with Crippen LogP contribution in [-0.4, -0.2) is 0 Å². The standard InChI is InChI=1S/C12H20O/c1-9(2)11(12(3,4)5)10-7-6-8-13-10/h6-9,11H,1-5H3/t11-/m0/s1. The van der Waals surface area contributed by atoms with Gasteiger partial charge in [-0.1, -0.05) is 34.6 Å². The highest BCUT2D eigenvalue weighted by Crippen LogP contribution is 2.40. The Morgan fingerprint density at radius 1 is 1.23 bits per heavy atom. The van der Waals surface area contributed by atoms with Gasteiger partial charge in [-0.3, -0.25) is 0 Å². The average Bonchev–Trinajstić information content (AvgIpc) is 2.34. The largest absolute Gasteiger partial charge is 0.469 e. The van der Waals surface area contributed by atoms with E-state index in [2.05, 4.69) is 40.7 Å². The monoisotopic (exact) mass is 180 g/mol. The van der Waals surface area contributed by atoms with Crippen molar-refractivity contribution in [1.29, 1.82) is 0 Å². The number of hydrogen-bond acceptors (Lipinski definition) is 1. The Balaban J connectivity index is 2.94. The zero-order valence-corrected chi connectivity index (χ0v) is 9.29. The number of rotatable bonds is 2. The van der Waals surface area contributed by atoms with Crippen molar-refractivity contribution in [3.05, 3.63) is 24.2 Å². The molecule has 13 heavy (non-hydrogen) atoms. The van der Waals surface area contributed by atoms with Crippen molar-refractivity contribution in [3.8, 4) is 0 Å². The quantitative estimate of drug-likeness (QED) is 0.668. The molecular formula is C12H20O. The van der Waals surface area contributed by atoms with Crippen LogP contribution in [0.4, 0.5) is 0 Å². The molecule has 1 atom stereocenters. The summed E-state index contributed by atoms with van der Waals surface area (Å²) in [5.41, 5.74) is 0.270. The average molecular weight is 180 g/mol. The summed E-state index contributed by atoms with van der Waals surface area (Å²) in [5, 5.41) is 0. The number of furan rings is 1. The molecule has 1 rings (SSSR count). The minimum Gasteiger partial charge on any atom is -0.469 e. The third-order valence-electron chi connectivity index (χ3n) is 2.45. The van der Waals surface area contributed by atoms with Crippen LogP contribution >= 0.6 is 0 Å². The van der Waals surface area contributed by atoms with Gasteiger partial charge in [-0.2, -0.15) is 0 Å². The topological polar surface area (TPSA) is 13.1 Å². The zero-order chi connectivity index (χ0) is 10.1. The van der Waals surface area contributed by atoms with Crippen molar-refractivity contribution in [2.24, 2.45) is 11.3 Å². The molecule has 0 bridgehead atoms. The highest BCUT2D eigenvalue weighted by Gasteiger charge is 2.30. The fraction of sp³-hybridized carbons (Fsp3) is 0.667. The Hall–Kier alpha value is -0.720. The molecule has 0 fully saturated rings. The van der Waals surface area contributed by atoms with Crippen LogP contribution in [-0.2, 0) is 0 Å². The molecule has 0 aliphatic rings. The Labute approximate surface area is 81.1 Å². The lowest BCUT2D eigenvalue weighted by Crippen LogP contribution is -2.22. The predicted octanol–water partition coefficient (Wildman–Crippen LogP) is 4.07. The molecule has 0 amide bonds. The number of hydrogen-bond donors (Lipinski definition) is 0. The van der Waals surface area contributed by atoms with Gasteiger partial charge in [-0.25, -0.2) is 0 Å². The molecule has 1 heteroatoms. The molecule has 0 aliphatic heterocycles. The first-order valence-corrected chi connectivity index (χ1v) is 4.96. The highest BCUT2D eigenvalue weighted by atomic mass is 16.3. The highest BCUT2D eigenvalue weighted by molar-refractivity contribution is 5.09. The van der Waals surface area contributed by atoms with Gasteiger partial charge in [0.1, 0.15) is 5.76 Å². The van der Waals surface area contributed by atoms with Crippen molar-refractivity contribution in [2.45, 2.75) is 40.5 Å². The van der Waals surface area contributed by atoms with Gasteiger partial charge in [0.25, 0.3) is 0 Å². The second kappa shape index (κ2) is 3.57. The zero-order valence-electron chi connectivity index (χ0n) is 9.29. The first-order valence-electron chi connectivity index (χ1n) is 4.96. The molecule has 1 nitrogen and oxygen atoms in total. The lowest BCUT2D eigenvalue weighted by molar-refractivity contribution is 0.224. The lowest BCUT2D eigenvalue weighted by atomic mass is 9.73. The Morgan fingerprint density at radius 2 is 1.85 bits per heavy atom. The summed E-state index contributed by atoms with van der Waals surface area (Å²) in [7, 11) is 0. The van der Waals surface area contributed by atoms with E-state index < -0.39 is 0 Å². The van der Waals surface area contributed by atoms with E-state index in [1.54, 1.807) is 6.26 Å². The summed E-state index contributed by atoms with van der Waals surface area (Å²) >= 11 is 0. The molecular weight excluding hydrogens is 160 g/mol. The molecule has 0 spiro atoms. The molecule has 1 aromatic rings. The fourth-order valence-electron chi connectivity index (χ4n) is 2.22. The molecule has 1 heterocycles. The summed E-state index contributed by atoms with van der Waals surface area (Å²) in [6, 6.07) is 4.05. The van der Waals surface area contributed by atoms with Crippen LogP contribution < -0.4 is 0 Å². The minimum absolute atomic E-state index is 0.270. The van der Waals surface area contributed by atoms with Crippen molar-refractivity contribution < 1.29 is 4.42 Å². The van der Waals surface area contributed by atoms with E-state index in [1.807, 2.05) is 6.07 Å². The van der Waals surface area contributed by atoms with Crippen molar-refractivity contribution in [1.82, 2.24) is 0 Å². The predicted molar refractivity (Wildman–Crippen MR) is 55.7 cm³/mol. The summed E-state index contributed by atoms with van der Waals surface area (Å²) in [4.78, 5) is 0. The summed E-state index contributed by atoms with van der Waals surface area (Å²) in [6.07, 6.45) is 1.76. The first-order chi connectivity index (χ1) is 5.93. The van der Waals surface area contributed by atoms with Crippen molar-refractivity contribution in [3.63, 3.8) is 0 Å². The van der Waals surface area contributed by atoms with Crippen LogP contribution in [0.3, 0.4) is 0 Å². The molecule has 0 saturated carbocycles. The van der Waals surface area contributed by atoms with Crippen LogP contribution in [0, 0.1) is 11.3 Å². The van der Waals surface area contributed by atoms with E-state index in [9.17, 15) is 0 Å². The van der Waals surface area contributed by atoms with E-state index in [-0.39, 0.29) is 5.41 Å². The Kier molecular flexibility index (Phi) is 2.84. The Bertz CT molecular complexity index is 239. The summed E-state index contributed by atoms with van der Waals surface area (Å²) in [6.45, 7) is 11.3. The maximum Gasteiger partial charge on any atom is 0.107 e. The molecule has 1 aromatic heterocycles. The van der Waals surface area contributed by atoms with Gasteiger partial charge in [0, 0.05) is 5.92 Å². The fourth-order valence-corrected chi connectivity index (χ4v) is 2.22. The second-order valence-corrected chi connectivity index (χ2v) is 5.10. The van der Waals surface area contributed by atoms with E-state index in [0.717, 1.165) is 5.76 Å². The first kappa shape index (κ1) is 10.4. The van der Waals surface area contributed by atoms with Crippen LogP contribution in [0.5, 0.6) is 0 Å². The van der Waals surface area contributed by atoms with Crippen LogP contribution in [0.15, 0.2) is 22.8 Å². The van der Waals surface area contributed by atoms with E-state index >= 15 is 0 Å². The third kappa shape index (κ3) is 2.36. The maximum atomic E-state index is 5.48. The van der Waals surface area contributed by atoms with Gasteiger partial charge >= 0.3 is 0 Å². The minimum atomic E-state index is 0.270. The van der Waals surface area contributed by atoms with E-state index in [0.29, 0.717) is 11.8 Å². The molecule has 0 aromatic carbocycles. The molecule has 0 radical (unpaired) electrons. The lowest BCUT2D eigenvalue weighted by Gasteiger charge is -2.32. The molecule has 0 aliphatic carbocycles. The molecule has 0 unspecified atom stereocenters. The third-order valence-corrected chi connectivity index (χ3v) is 2.45. The SMILES string of the molecule is CC(C)[C@@H](c1ccco1)C(C)(C)C.